The predicted molar refractivity (Wildman–Crippen MR) is 78.2 cm³/mol. The molecular weight excluding hydrogens is 288 g/mol. The quantitative estimate of drug-likeness (QED) is 0.665. The summed E-state index contributed by atoms with van der Waals surface area (Å²) >= 11 is 0. The van der Waals surface area contributed by atoms with Crippen LogP contribution < -0.4 is 0 Å². The molecule has 0 aliphatic heterocycles. The summed E-state index contributed by atoms with van der Waals surface area (Å²) in [6.07, 6.45) is 1.25. The van der Waals surface area contributed by atoms with Crippen LogP contribution in [-0.4, -0.2) is 37.4 Å². The van der Waals surface area contributed by atoms with Gasteiger partial charge in [-0.25, -0.2) is 0 Å². The Morgan fingerprint density at radius 2 is 2.23 bits per heavy atom. The van der Waals surface area contributed by atoms with Gasteiger partial charge in [-0.3, -0.25) is 9.36 Å². The predicted octanol–water partition coefficient (Wildman–Crippen LogP) is 1.46. The highest BCUT2D eigenvalue weighted by Gasteiger charge is 2.18. The van der Waals surface area contributed by atoms with Gasteiger partial charge in [0.15, 0.2) is 0 Å². The van der Waals surface area contributed by atoms with Crippen molar-refractivity contribution in [1.82, 2.24) is 14.5 Å². The molecule has 22 heavy (non-hydrogen) atoms. The molecule has 0 atom stereocenters. The van der Waals surface area contributed by atoms with Gasteiger partial charge in [-0.15, -0.1) is 0 Å². The minimum absolute atomic E-state index is 0.0258. The summed E-state index contributed by atoms with van der Waals surface area (Å²) in [5.41, 5.74) is 0.796. The third-order valence-corrected chi connectivity index (χ3v) is 3.21. The van der Waals surface area contributed by atoms with Gasteiger partial charge in [-0.05, 0) is 27.6 Å². The maximum absolute atomic E-state index is 12.2. The molecule has 1 aromatic heterocycles. The van der Waals surface area contributed by atoms with Crippen molar-refractivity contribution in [2.45, 2.75) is 20.0 Å². The summed E-state index contributed by atoms with van der Waals surface area (Å²) in [6.45, 7) is 1.92. The number of rotatable bonds is 5. The topological polar surface area (TPSA) is 102 Å². The summed E-state index contributed by atoms with van der Waals surface area (Å²) in [5.74, 6) is 0.0601. The van der Waals surface area contributed by atoms with Crippen LogP contribution in [0.1, 0.15) is 11.4 Å². The molecule has 1 heterocycles. The average molecular weight is 304 g/mol. The van der Waals surface area contributed by atoms with E-state index in [4.69, 9.17) is 0 Å². The number of phenolic OH excluding ortho intramolecular Hbond substituents is 1. The van der Waals surface area contributed by atoms with E-state index in [2.05, 4.69) is 4.98 Å². The molecule has 0 aliphatic carbocycles. The van der Waals surface area contributed by atoms with E-state index in [0.717, 1.165) is 5.56 Å². The van der Waals surface area contributed by atoms with Crippen molar-refractivity contribution < 1.29 is 14.8 Å². The fraction of sp³-hybridized carbons (Fsp3) is 0.286. The summed E-state index contributed by atoms with van der Waals surface area (Å²) in [5, 5.41) is 20.1. The van der Waals surface area contributed by atoms with E-state index >= 15 is 0 Å². The fourth-order valence-corrected chi connectivity index (χ4v) is 2.02. The Balaban J connectivity index is 2.04. The molecule has 0 bridgehead atoms. The maximum atomic E-state index is 12.2. The number of aromatic hydroxyl groups is 1. The molecular formula is C14H16N4O4. The minimum atomic E-state index is -0.593. The van der Waals surface area contributed by atoms with Crippen LogP contribution in [0, 0.1) is 17.0 Å². The number of carbonyl (C=O) groups excluding carboxylic acids is 1. The Hall–Kier alpha value is -2.90. The Labute approximate surface area is 126 Å². The van der Waals surface area contributed by atoms with Crippen LogP contribution in [-0.2, 0) is 17.9 Å². The van der Waals surface area contributed by atoms with Gasteiger partial charge in [0.25, 0.3) is 0 Å². The Bertz CT molecular complexity index is 711. The number of aromatic nitrogens is 2. The number of nitro groups is 1. The Morgan fingerprint density at radius 3 is 2.82 bits per heavy atom. The second-order valence-corrected chi connectivity index (χ2v) is 4.95. The number of hydrogen-bond acceptors (Lipinski definition) is 5. The Kier molecular flexibility index (Phi) is 4.40. The van der Waals surface area contributed by atoms with Gasteiger partial charge in [-0.1, -0.05) is 12.1 Å². The highest BCUT2D eigenvalue weighted by molar-refractivity contribution is 5.75. The van der Waals surface area contributed by atoms with Crippen molar-refractivity contribution in [2.75, 3.05) is 7.05 Å². The van der Waals surface area contributed by atoms with Gasteiger partial charge in [0.1, 0.15) is 18.5 Å². The highest BCUT2D eigenvalue weighted by Crippen LogP contribution is 2.14. The molecule has 0 aliphatic rings. The van der Waals surface area contributed by atoms with Crippen molar-refractivity contribution in [1.29, 1.82) is 0 Å². The third kappa shape index (κ3) is 3.60. The number of nitrogens with zero attached hydrogens (tertiary/aromatic N) is 4. The smallest absolute Gasteiger partial charge is 0.381 e. The van der Waals surface area contributed by atoms with Crippen molar-refractivity contribution in [3.05, 3.63) is 52.0 Å². The highest BCUT2D eigenvalue weighted by atomic mass is 16.6. The van der Waals surface area contributed by atoms with Crippen LogP contribution in [0.15, 0.2) is 30.5 Å². The molecule has 8 nitrogen and oxygen atoms in total. The summed E-state index contributed by atoms with van der Waals surface area (Å²) in [4.78, 5) is 27.5. The van der Waals surface area contributed by atoms with E-state index in [9.17, 15) is 20.0 Å². The average Bonchev–Trinajstić information content (AvgIpc) is 2.80. The first kappa shape index (κ1) is 15.5. The number of aryl methyl sites for hydroxylation is 1. The lowest BCUT2D eigenvalue weighted by atomic mass is 10.2. The zero-order valence-electron chi connectivity index (χ0n) is 12.3. The molecule has 8 heteroatoms. The van der Waals surface area contributed by atoms with Crippen LogP contribution >= 0.6 is 0 Å². The van der Waals surface area contributed by atoms with E-state index in [1.54, 1.807) is 38.2 Å². The van der Waals surface area contributed by atoms with Gasteiger partial charge in [0, 0.05) is 20.5 Å². The molecule has 0 radical (unpaired) electrons. The van der Waals surface area contributed by atoms with Crippen LogP contribution in [0.5, 0.6) is 5.75 Å². The lowest BCUT2D eigenvalue weighted by Gasteiger charge is -2.17. The van der Waals surface area contributed by atoms with Gasteiger partial charge < -0.3 is 20.1 Å². The van der Waals surface area contributed by atoms with Gasteiger partial charge >= 0.3 is 5.82 Å². The molecule has 1 amide bonds. The van der Waals surface area contributed by atoms with Crippen LogP contribution in [0.2, 0.25) is 0 Å². The number of imidazole rings is 1. The van der Waals surface area contributed by atoms with Crippen molar-refractivity contribution in [2.24, 2.45) is 0 Å². The van der Waals surface area contributed by atoms with E-state index < -0.39 is 4.92 Å². The number of carbonyl (C=O) groups is 1. The number of likely N-dealkylation sites (N-methyl/N-ethyl adjacent to an activating group) is 1. The molecule has 0 fully saturated rings. The van der Waals surface area contributed by atoms with E-state index in [1.807, 2.05) is 0 Å². The van der Waals surface area contributed by atoms with E-state index in [-0.39, 0.29) is 24.0 Å². The molecule has 0 spiro atoms. The van der Waals surface area contributed by atoms with Gasteiger partial charge in [-0.2, -0.15) is 0 Å². The first-order valence-corrected chi connectivity index (χ1v) is 6.57. The SMILES string of the molecule is Cc1nc([N+](=O)[O-])cn1CC(=O)N(C)Cc1cccc(O)c1. The van der Waals surface area contributed by atoms with E-state index in [1.165, 1.54) is 15.7 Å². The Morgan fingerprint density at radius 1 is 1.50 bits per heavy atom. The zero-order chi connectivity index (χ0) is 16.3. The normalized spacial score (nSPS) is 10.5. The molecule has 0 saturated heterocycles. The van der Waals surface area contributed by atoms with Gasteiger partial charge in [0.05, 0.1) is 0 Å². The summed E-state index contributed by atoms with van der Waals surface area (Å²) in [6, 6.07) is 6.64. The van der Waals surface area contributed by atoms with Crippen LogP contribution in [0.3, 0.4) is 0 Å². The van der Waals surface area contributed by atoms with Crippen LogP contribution in [0.25, 0.3) is 0 Å². The minimum Gasteiger partial charge on any atom is -0.508 e. The number of benzene rings is 1. The van der Waals surface area contributed by atoms with E-state index in [0.29, 0.717) is 12.4 Å². The van der Waals surface area contributed by atoms with Crippen molar-refractivity contribution in [3.8, 4) is 5.75 Å². The zero-order valence-corrected chi connectivity index (χ0v) is 12.3. The molecule has 0 saturated carbocycles. The molecule has 1 N–H and O–H groups in total. The molecule has 2 aromatic rings. The molecule has 0 unspecified atom stereocenters. The standard InChI is InChI=1S/C14H16N4O4/c1-10-15-13(18(21)22)8-17(10)9-14(20)16(2)7-11-4-3-5-12(19)6-11/h3-6,8,19H,7,9H2,1-2H3. The number of amides is 1. The van der Waals surface area contributed by atoms with Crippen LogP contribution in [0.4, 0.5) is 5.82 Å². The van der Waals surface area contributed by atoms with Crippen molar-refractivity contribution in [3.63, 3.8) is 0 Å². The number of phenols is 1. The molecule has 116 valence electrons. The monoisotopic (exact) mass is 304 g/mol. The lowest BCUT2D eigenvalue weighted by molar-refractivity contribution is -0.389. The summed E-state index contributed by atoms with van der Waals surface area (Å²) in [7, 11) is 1.63. The third-order valence-electron chi connectivity index (χ3n) is 3.21. The largest absolute Gasteiger partial charge is 0.508 e. The second-order valence-electron chi connectivity index (χ2n) is 4.95. The molecule has 2 rings (SSSR count). The lowest BCUT2D eigenvalue weighted by Crippen LogP contribution is -2.29. The molecule has 1 aromatic carbocycles. The first-order valence-electron chi connectivity index (χ1n) is 6.57. The van der Waals surface area contributed by atoms with Crippen molar-refractivity contribution >= 4 is 11.7 Å². The summed E-state index contributed by atoms with van der Waals surface area (Å²) < 4.78 is 1.44. The van der Waals surface area contributed by atoms with Gasteiger partial charge in [0.2, 0.25) is 11.7 Å². The maximum Gasteiger partial charge on any atom is 0.381 e. The fourth-order valence-electron chi connectivity index (χ4n) is 2.02. The number of hydrogen-bond donors (Lipinski definition) is 1. The second kappa shape index (κ2) is 6.25. The first-order chi connectivity index (χ1) is 10.4.